The van der Waals surface area contributed by atoms with E-state index in [1.807, 2.05) is 6.07 Å². The van der Waals surface area contributed by atoms with Gasteiger partial charge in [0.15, 0.2) is 10.9 Å². The molecule has 136 valence electrons. The minimum absolute atomic E-state index is 0.153. The van der Waals surface area contributed by atoms with Gasteiger partial charge in [-0.15, -0.1) is 0 Å². The Morgan fingerprint density at radius 3 is 2.33 bits per heavy atom. The second-order valence-corrected chi connectivity index (χ2v) is 6.35. The zero-order chi connectivity index (χ0) is 17.9. The number of anilines is 1. The number of nitrogens with zero attached hydrogens (tertiary/aromatic N) is 1. The molecule has 1 aromatic rings. The van der Waals surface area contributed by atoms with E-state index in [9.17, 15) is 10.1 Å². The normalized spacial score (nSPS) is 20.1. The molecule has 0 spiro atoms. The van der Waals surface area contributed by atoms with Gasteiger partial charge in [0.1, 0.15) is 5.69 Å². The van der Waals surface area contributed by atoms with Crippen molar-refractivity contribution in [3.05, 3.63) is 34.4 Å². The van der Waals surface area contributed by atoms with Crippen LogP contribution in [0.1, 0.15) is 25.7 Å². The highest BCUT2D eigenvalue weighted by atomic mass is 32.2. The average molecular weight is 359 g/mol. The molecule has 1 aromatic carbocycles. The van der Waals surface area contributed by atoms with Crippen LogP contribution in [0.5, 0.6) is 0 Å². The number of hydrogen-bond acceptors (Lipinski definition) is 6. The van der Waals surface area contributed by atoms with E-state index in [1.54, 1.807) is 19.2 Å². The van der Waals surface area contributed by atoms with Crippen LogP contribution in [-0.2, 0) is 15.6 Å². The Morgan fingerprint density at radius 1 is 1.25 bits per heavy atom. The predicted molar refractivity (Wildman–Crippen MR) is 93.4 cm³/mol. The summed E-state index contributed by atoms with van der Waals surface area (Å²) in [6, 6.07) is 6.83. The van der Waals surface area contributed by atoms with Gasteiger partial charge in [-0.3, -0.25) is 10.1 Å². The number of nitro benzene ring substituents is 1. The Labute approximate surface area is 143 Å². The molecule has 3 N–H and O–H groups in total. The number of nitrogens with two attached hydrogens (primary N) is 1. The van der Waals surface area contributed by atoms with Crippen LogP contribution in [0, 0.1) is 22.0 Å². The van der Waals surface area contributed by atoms with Crippen LogP contribution in [0.25, 0.3) is 0 Å². The van der Waals surface area contributed by atoms with Crippen LogP contribution in [0.4, 0.5) is 11.4 Å². The molecule has 1 aliphatic carbocycles. The highest BCUT2D eigenvalue weighted by Gasteiger charge is 2.21. The maximum atomic E-state index is 10.9. The van der Waals surface area contributed by atoms with Crippen molar-refractivity contribution in [1.82, 2.24) is 0 Å². The van der Waals surface area contributed by atoms with Crippen molar-refractivity contribution in [3.8, 4) is 0 Å². The first-order valence-electron chi connectivity index (χ1n) is 7.79. The lowest BCUT2D eigenvalue weighted by Gasteiger charge is -2.28. The Morgan fingerprint density at radius 2 is 1.79 bits per heavy atom. The van der Waals surface area contributed by atoms with Crippen LogP contribution in [0.3, 0.4) is 0 Å². The fourth-order valence-electron chi connectivity index (χ4n) is 2.87. The first kappa shape index (κ1) is 20.3. The number of benzene rings is 1. The molecule has 2 rings (SSSR count). The third kappa shape index (κ3) is 7.71. The molecule has 0 amide bonds. The van der Waals surface area contributed by atoms with Gasteiger partial charge in [-0.05, 0) is 43.6 Å². The van der Waals surface area contributed by atoms with E-state index in [0.29, 0.717) is 17.5 Å². The SMILES string of the molecule is COCC1CCC(CNc2ccccc2[N+](=O)[O-])CC1.N[SH](=O)=O. The largest absolute Gasteiger partial charge is 0.384 e. The summed E-state index contributed by atoms with van der Waals surface area (Å²) in [4.78, 5) is 10.6. The van der Waals surface area contributed by atoms with Gasteiger partial charge >= 0.3 is 0 Å². The van der Waals surface area contributed by atoms with Crippen molar-refractivity contribution in [2.24, 2.45) is 17.0 Å². The van der Waals surface area contributed by atoms with Gasteiger partial charge in [0, 0.05) is 26.3 Å². The van der Waals surface area contributed by atoms with Gasteiger partial charge in [-0.2, -0.15) is 0 Å². The number of nitro groups is 1. The Balaban J connectivity index is 0.000000648. The Bertz CT molecular complexity index is 578. The van der Waals surface area contributed by atoms with E-state index in [2.05, 4.69) is 10.5 Å². The molecule has 0 atom stereocenters. The number of methoxy groups -OCH3 is 1. The maximum absolute atomic E-state index is 10.9. The third-order valence-corrected chi connectivity index (χ3v) is 4.05. The topological polar surface area (TPSA) is 125 Å². The summed E-state index contributed by atoms with van der Waals surface area (Å²) in [5.41, 5.74) is 0.775. The Hall–Kier alpha value is -1.71. The first-order chi connectivity index (χ1) is 11.4. The average Bonchev–Trinajstić information content (AvgIpc) is 2.54. The number of ether oxygens (including phenoxy) is 1. The number of nitrogens with one attached hydrogen (secondary N) is 1. The highest BCUT2D eigenvalue weighted by Crippen LogP contribution is 2.30. The molecule has 1 saturated carbocycles. The molecule has 9 heteroatoms. The summed E-state index contributed by atoms with van der Waals surface area (Å²) >= 11 is 0. The second-order valence-electron chi connectivity index (χ2n) is 5.78. The van der Waals surface area contributed by atoms with Gasteiger partial charge in [-0.25, -0.2) is 13.6 Å². The standard InChI is InChI=1S/C15H22N2O3.H3NO2S/c1-20-11-13-8-6-12(7-9-13)10-16-14-4-2-3-5-15(14)17(18)19;1-4(2)3/h2-5,12-13,16H,6-11H2,1H3;4H,(H2,1,2,3). The highest BCUT2D eigenvalue weighted by molar-refractivity contribution is 7.69. The molecule has 1 aliphatic rings. The fourth-order valence-corrected chi connectivity index (χ4v) is 2.87. The van der Waals surface area contributed by atoms with E-state index < -0.39 is 10.9 Å². The van der Waals surface area contributed by atoms with Crippen molar-refractivity contribution in [2.45, 2.75) is 25.7 Å². The molecular formula is C15H25N3O5S. The maximum Gasteiger partial charge on any atom is 0.292 e. The molecule has 0 heterocycles. The van der Waals surface area contributed by atoms with E-state index >= 15 is 0 Å². The molecule has 0 aromatic heterocycles. The van der Waals surface area contributed by atoms with E-state index in [-0.39, 0.29) is 10.6 Å². The summed E-state index contributed by atoms with van der Waals surface area (Å²) in [5, 5.41) is 18.2. The van der Waals surface area contributed by atoms with Crippen LogP contribution in [0.2, 0.25) is 0 Å². The lowest BCUT2D eigenvalue weighted by Crippen LogP contribution is -2.23. The van der Waals surface area contributed by atoms with Crippen molar-refractivity contribution in [2.75, 3.05) is 25.6 Å². The zero-order valence-electron chi connectivity index (χ0n) is 13.7. The van der Waals surface area contributed by atoms with Crippen molar-refractivity contribution < 1.29 is 18.1 Å². The minimum atomic E-state index is -2.62. The summed E-state index contributed by atoms with van der Waals surface area (Å²) in [7, 11) is -0.868. The molecule has 0 radical (unpaired) electrons. The van der Waals surface area contributed by atoms with Gasteiger partial charge in [0.05, 0.1) is 4.92 Å². The molecule has 24 heavy (non-hydrogen) atoms. The minimum Gasteiger partial charge on any atom is -0.384 e. The molecule has 0 unspecified atom stereocenters. The van der Waals surface area contributed by atoms with Crippen molar-refractivity contribution >= 4 is 22.3 Å². The zero-order valence-corrected chi connectivity index (χ0v) is 14.6. The van der Waals surface area contributed by atoms with E-state index in [0.717, 1.165) is 13.2 Å². The number of para-hydroxylation sites is 2. The van der Waals surface area contributed by atoms with Crippen LogP contribution < -0.4 is 10.5 Å². The number of hydrogen-bond donors (Lipinski definition) is 3. The van der Waals surface area contributed by atoms with Crippen LogP contribution in [-0.4, -0.2) is 33.6 Å². The van der Waals surface area contributed by atoms with E-state index in [1.165, 1.54) is 31.7 Å². The molecule has 0 bridgehead atoms. The molecular weight excluding hydrogens is 334 g/mol. The van der Waals surface area contributed by atoms with Gasteiger partial charge < -0.3 is 10.1 Å². The number of rotatable bonds is 6. The summed E-state index contributed by atoms with van der Waals surface area (Å²) in [6.07, 6.45) is 4.72. The number of thiol groups is 1. The second kappa shape index (κ2) is 11.0. The smallest absolute Gasteiger partial charge is 0.292 e. The predicted octanol–water partition coefficient (Wildman–Crippen LogP) is 1.93. The molecule has 0 saturated heterocycles. The van der Waals surface area contributed by atoms with Crippen LogP contribution >= 0.6 is 0 Å². The first-order valence-corrected chi connectivity index (χ1v) is 9.04. The van der Waals surface area contributed by atoms with Crippen molar-refractivity contribution in [3.63, 3.8) is 0 Å². The fraction of sp³-hybridized carbons (Fsp3) is 0.600. The monoisotopic (exact) mass is 359 g/mol. The van der Waals surface area contributed by atoms with Gasteiger partial charge in [0.2, 0.25) is 0 Å². The molecule has 1 fully saturated rings. The quantitative estimate of drug-likeness (QED) is 0.405. The molecule has 8 nitrogen and oxygen atoms in total. The van der Waals surface area contributed by atoms with Crippen molar-refractivity contribution in [1.29, 1.82) is 0 Å². The molecule has 0 aliphatic heterocycles. The Kier molecular flexibility index (Phi) is 9.28. The third-order valence-electron chi connectivity index (χ3n) is 4.05. The lowest BCUT2D eigenvalue weighted by molar-refractivity contribution is -0.384. The van der Waals surface area contributed by atoms with E-state index in [4.69, 9.17) is 13.2 Å². The lowest BCUT2D eigenvalue weighted by atomic mass is 9.82. The van der Waals surface area contributed by atoms with Gasteiger partial charge in [-0.1, -0.05) is 12.1 Å². The van der Waals surface area contributed by atoms with Gasteiger partial charge in [0.25, 0.3) is 5.69 Å². The summed E-state index contributed by atoms with van der Waals surface area (Å²) < 4.78 is 22.8. The summed E-state index contributed by atoms with van der Waals surface area (Å²) in [5.74, 6) is 1.28. The van der Waals surface area contributed by atoms with Crippen LogP contribution in [0.15, 0.2) is 24.3 Å². The summed E-state index contributed by atoms with van der Waals surface area (Å²) in [6.45, 7) is 1.66.